The van der Waals surface area contributed by atoms with Crippen LogP contribution < -0.4 is 5.32 Å². The molecule has 0 amide bonds. The zero-order valence-corrected chi connectivity index (χ0v) is 13.5. The summed E-state index contributed by atoms with van der Waals surface area (Å²) in [6.07, 6.45) is 8.78. The van der Waals surface area contributed by atoms with Gasteiger partial charge in [0.1, 0.15) is 0 Å². The number of thioether (sulfide) groups is 1. The first-order chi connectivity index (χ1) is 9.67. The van der Waals surface area contributed by atoms with Gasteiger partial charge >= 0.3 is 0 Å². The average molecular weight is 287 g/mol. The Bertz CT molecular complexity index is 491. The van der Waals surface area contributed by atoms with E-state index in [1.165, 1.54) is 35.5 Å². The number of fused-ring (bicyclic) bond motifs is 1. The second kappa shape index (κ2) is 5.85. The lowest BCUT2D eigenvalue weighted by Crippen LogP contribution is -2.26. The highest BCUT2D eigenvalue weighted by Crippen LogP contribution is 2.47. The fourth-order valence-corrected chi connectivity index (χ4v) is 4.31. The Kier molecular flexibility index (Phi) is 4.11. The van der Waals surface area contributed by atoms with Crippen molar-refractivity contribution in [1.29, 1.82) is 0 Å². The van der Waals surface area contributed by atoms with Crippen LogP contribution in [0.25, 0.3) is 0 Å². The molecule has 0 spiro atoms. The minimum Gasteiger partial charge on any atom is -0.359 e. The zero-order chi connectivity index (χ0) is 14.1. The van der Waals surface area contributed by atoms with E-state index in [-0.39, 0.29) is 0 Å². The lowest BCUT2D eigenvalue weighted by molar-refractivity contribution is 0.203. The Morgan fingerprint density at radius 3 is 2.55 bits per heavy atom. The molecule has 1 nitrogen and oxygen atoms in total. The summed E-state index contributed by atoms with van der Waals surface area (Å²) in [6, 6.07) is 8.81. The van der Waals surface area contributed by atoms with Gasteiger partial charge in [0.2, 0.25) is 0 Å². The van der Waals surface area contributed by atoms with Gasteiger partial charge in [0, 0.05) is 22.2 Å². The topological polar surface area (TPSA) is 12.0 Å². The maximum absolute atomic E-state index is 3.69. The monoisotopic (exact) mass is 287 g/mol. The standard InChI is InChI=1S/C18H25NS/c1-12-4-9-16-13(2)11-18(17(16)10-12)19-14-5-7-15(20-3)8-6-14/h5-8,11-13,16-17,19H,4,9-10H2,1-3H3/t12-,13?,16+,17-/m1/s1. The molecule has 0 heterocycles. The number of hydrogen-bond donors (Lipinski definition) is 1. The van der Waals surface area contributed by atoms with Crippen molar-refractivity contribution in [2.75, 3.05) is 11.6 Å². The van der Waals surface area contributed by atoms with E-state index in [4.69, 9.17) is 0 Å². The van der Waals surface area contributed by atoms with Gasteiger partial charge in [-0.25, -0.2) is 0 Å². The molecular formula is C18H25NS. The van der Waals surface area contributed by atoms with Gasteiger partial charge in [-0.05, 0) is 61.1 Å². The van der Waals surface area contributed by atoms with Crippen molar-refractivity contribution in [1.82, 2.24) is 0 Å². The molecule has 1 saturated carbocycles. The Morgan fingerprint density at radius 2 is 1.85 bits per heavy atom. The van der Waals surface area contributed by atoms with Crippen molar-refractivity contribution in [3.05, 3.63) is 36.0 Å². The zero-order valence-electron chi connectivity index (χ0n) is 12.7. The smallest absolute Gasteiger partial charge is 0.0382 e. The first kappa shape index (κ1) is 14.1. The van der Waals surface area contributed by atoms with E-state index in [2.05, 4.69) is 55.8 Å². The van der Waals surface area contributed by atoms with Crippen molar-refractivity contribution in [3.63, 3.8) is 0 Å². The van der Waals surface area contributed by atoms with Gasteiger partial charge < -0.3 is 5.32 Å². The third kappa shape index (κ3) is 2.76. The second-order valence-corrected chi connectivity index (χ2v) is 7.40. The average Bonchev–Trinajstić information content (AvgIpc) is 2.76. The lowest BCUT2D eigenvalue weighted by Gasteiger charge is -2.34. The molecule has 0 bridgehead atoms. The molecule has 3 rings (SSSR count). The molecule has 1 unspecified atom stereocenters. The molecular weight excluding hydrogens is 262 g/mol. The number of anilines is 1. The van der Waals surface area contributed by atoms with Crippen LogP contribution in [0.15, 0.2) is 40.9 Å². The fourth-order valence-electron chi connectivity index (χ4n) is 3.90. The molecule has 2 aliphatic rings. The van der Waals surface area contributed by atoms with E-state index in [1.54, 1.807) is 11.8 Å². The highest BCUT2D eigenvalue weighted by atomic mass is 32.2. The van der Waals surface area contributed by atoms with Crippen molar-refractivity contribution >= 4 is 17.4 Å². The molecule has 0 radical (unpaired) electrons. The van der Waals surface area contributed by atoms with Gasteiger partial charge in [-0.15, -0.1) is 11.8 Å². The third-order valence-electron chi connectivity index (χ3n) is 5.06. The second-order valence-electron chi connectivity index (χ2n) is 6.52. The molecule has 108 valence electrons. The van der Waals surface area contributed by atoms with Gasteiger partial charge in [0.25, 0.3) is 0 Å². The van der Waals surface area contributed by atoms with E-state index < -0.39 is 0 Å². The van der Waals surface area contributed by atoms with Gasteiger partial charge in [-0.3, -0.25) is 0 Å². The molecule has 1 N–H and O–H groups in total. The van der Waals surface area contributed by atoms with Crippen molar-refractivity contribution in [3.8, 4) is 0 Å². The molecule has 0 aromatic heterocycles. The van der Waals surface area contributed by atoms with E-state index >= 15 is 0 Å². The largest absolute Gasteiger partial charge is 0.359 e. The maximum Gasteiger partial charge on any atom is 0.0382 e. The van der Waals surface area contributed by atoms with Crippen LogP contribution in [0.3, 0.4) is 0 Å². The quantitative estimate of drug-likeness (QED) is 0.746. The van der Waals surface area contributed by atoms with Crippen LogP contribution in [0.2, 0.25) is 0 Å². The summed E-state index contributed by atoms with van der Waals surface area (Å²) < 4.78 is 0. The van der Waals surface area contributed by atoms with Crippen LogP contribution in [-0.2, 0) is 0 Å². The van der Waals surface area contributed by atoms with Crippen LogP contribution in [0.5, 0.6) is 0 Å². The maximum atomic E-state index is 3.69. The van der Waals surface area contributed by atoms with Crippen LogP contribution >= 0.6 is 11.8 Å². The molecule has 2 heteroatoms. The first-order valence-electron chi connectivity index (χ1n) is 7.80. The van der Waals surface area contributed by atoms with Crippen LogP contribution in [-0.4, -0.2) is 6.26 Å². The van der Waals surface area contributed by atoms with Crippen molar-refractivity contribution < 1.29 is 0 Å². The van der Waals surface area contributed by atoms with E-state index in [9.17, 15) is 0 Å². The Morgan fingerprint density at radius 1 is 1.10 bits per heavy atom. The lowest BCUT2D eigenvalue weighted by atomic mass is 9.73. The van der Waals surface area contributed by atoms with Crippen LogP contribution in [0.1, 0.15) is 33.1 Å². The predicted molar refractivity (Wildman–Crippen MR) is 89.1 cm³/mol. The highest BCUT2D eigenvalue weighted by Gasteiger charge is 2.38. The van der Waals surface area contributed by atoms with Gasteiger partial charge in [-0.1, -0.05) is 26.3 Å². The summed E-state index contributed by atoms with van der Waals surface area (Å²) in [5.74, 6) is 3.25. The Hall–Kier alpha value is -0.890. The summed E-state index contributed by atoms with van der Waals surface area (Å²) in [6.45, 7) is 4.79. The molecule has 2 aliphatic carbocycles. The summed E-state index contributed by atoms with van der Waals surface area (Å²) >= 11 is 1.80. The normalized spacial score (nSPS) is 32.6. The predicted octanol–water partition coefficient (Wildman–Crippen LogP) is 5.41. The van der Waals surface area contributed by atoms with Gasteiger partial charge in [0.05, 0.1) is 0 Å². The summed E-state index contributed by atoms with van der Waals surface area (Å²) in [7, 11) is 0. The van der Waals surface area contributed by atoms with E-state index in [0.717, 1.165) is 23.7 Å². The van der Waals surface area contributed by atoms with Gasteiger partial charge in [0.15, 0.2) is 0 Å². The van der Waals surface area contributed by atoms with Crippen molar-refractivity contribution in [2.45, 2.75) is 38.0 Å². The van der Waals surface area contributed by atoms with E-state index in [1.807, 2.05) is 0 Å². The van der Waals surface area contributed by atoms with Crippen LogP contribution in [0, 0.1) is 23.7 Å². The number of rotatable bonds is 3. The molecule has 1 aromatic rings. The third-order valence-corrected chi connectivity index (χ3v) is 5.81. The Balaban J connectivity index is 1.74. The van der Waals surface area contributed by atoms with Crippen LogP contribution in [0.4, 0.5) is 5.69 Å². The highest BCUT2D eigenvalue weighted by molar-refractivity contribution is 7.98. The SMILES string of the molecule is CSc1ccc(NC2=CC(C)[C@@H]3CC[C@@H](C)C[C@@H]23)cc1. The summed E-state index contributed by atoms with van der Waals surface area (Å²) in [5, 5.41) is 3.69. The first-order valence-corrected chi connectivity index (χ1v) is 9.02. The molecule has 20 heavy (non-hydrogen) atoms. The molecule has 4 atom stereocenters. The molecule has 1 aromatic carbocycles. The fraction of sp³-hybridized carbons (Fsp3) is 0.556. The van der Waals surface area contributed by atoms with Crippen molar-refractivity contribution in [2.24, 2.45) is 23.7 Å². The molecule has 0 aliphatic heterocycles. The number of nitrogens with one attached hydrogen (secondary N) is 1. The van der Waals surface area contributed by atoms with E-state index in [0.29, 0.717) is 0 Å². The Labute approximate surface area is 127 Å². The number of benzene rings is 1. The van der Waals surface area contributed by atoms with Gasteiger partial charge in [-0.2, -0.15) is 0 Å². The number of allylic oxidation sites excluding steroid dienone is 2. The summed E-state index contributed by atoms with van der Waals surface area (Å²) in [5.41, 5.74) is 2.71. The number of hydrogen-bond acceptors (Lipinski definition) is 2. The molecule has 1 fully saturated rings. The summed E-state index contributed by atoms with van der Waals surface area (Å²) in [4.78, 5) is 1.33. The molecule has 0 saturated heterocycles. The minimum atomic E-state index is 0.737. The minimum absolute atomic E-state index is 0.737.